The maximum Gasteiger partial charge on any atom is 0.257 e. The van der Waals surface area contributed by atoms with Crippen molar-refractivity contribution in [3.05, 3.63) is 48.3 Å². The van der Waals surface area contributed by atoms with Crippen molar-refractivity contribution in [1.82, 2.24) is 19.2 Å². The van der Waals surface area contributed by atoms with Crippen molar-refractivity contribution in [3.63, 3.8) is 0 Å². The molecule has 1 saturated heterocycles. The number of aromatic nitrogens is 2. The summed E-state index contributed by atoms with van der Waals surface area (Å²) < 4.78 is 24.7. The highest BCUT2D eigenvalue weighted by Crippen LogP contribution is 2.13. The van der Waals surface area contributed by atoms with Crippen LogP contribution in [0.2, 0.25) is 0 Å². The van der Waals surface area contributed by atoms with Gasteiger partial charge < -0.3 is 10.2 Å². The van der Waals surface area contributed by atoms with E-state index in [1.165, 1.54) is 23.0 Å². The van der Waals surface area contributed by atoms with Crippen molar-refractivity contribution in [3.8, 4) is 0 Å². The van der Waals surface area contributed by atoms with Gasteiger partial charge >= 0.3 is 0 Å². The Morgan fingerprint density at radius 3 is 2.38 bits per heavy atom. The second kappa shape index (κ2) is 7.79. The van der Waals surface area contributed by atoms with E-state index in [0.29, 0.717) is 44.1 Å². The van der Waals surface area contributed by atoms with Crippen LogP contribution in [0.5, 0.6) is 0 Å². The van der Waals surface area contributed by atoms with E-state index in [4.69, 9.17) is 0 Å². The molecule has 0 spiro atoms. The lowest BCUT2D eigenvalue weighted by atomic mass is 10.2. The van der Waals surface area contributed by atoms with Crippen molar-refractivity contribution in [2.45, 2.75) is 6.42 Å². The standard InChI is InChI=1S/C17H21N5O3S/c1-26(24,25)22-9-5-8-21(10-11-22)16(23)14-12-18-17(19-13-14)20-15-6-3-2-4-7-15/h2-4,6-7,12-13H,5,8-11H2,1H3,(H,18,19,20). The van der Waals surface area contributed by atoms with Crippen LogP contribution in [0.3, 0.4) is 0 Å². The summed E-state index contributed by atoms with van der Waals surface area (Å²) in [5, 5.41) is 3.06. The van der Waals surface area contributed by atoms with Crippen molar-refractivity contribution < 1.29 is 13.2 Å². The molecule has 0 saturated carbocycles. The van der Waals surface area contributed by atoms with Crippen LogP contribution in [-0.4, -0.2) is 65.9 Å². The van der Waals surface area contributed by atoms with Crippen molar-refractivity contribution in [2.75, 3.05) is 37.8 Å². The number of hydrogen-bond donors (Lipinski definition) is 1. The molecule has 9 heteroatoms. The third-order valence-electron chi connectivity index (χ3n) is 4.14. The normalized spacial score (nSPS) is 16.1. The van der Waals surface area contributed by atoms with Crippen LogP contribution >= 0.6 is 0 Å². The van der Waals surface area contributed by atoms with E-state index in [-0.39, 0.29) is 5.91 Å². The van der Waals surface area contributed by atoms with E-state index in [2.05, 4.69) is 15.3 Å². The second-order valence-corrected chi connectivity index (χ2v) is 8.08. The van der Waals surface area contributed by atoms with Crippen molar-refractivity contribution in [1.29, 1.82) is 0 Å². The Hall–Kier alpha value is -2.52. The smallest absolute Gasteiger partial charge is 0.257 e. The second-order valence-electron chi connectivity index (χ2n) is 6.09. The lowest BCUT2D eigenvalue weighted by Crippen LogP contribution is -2.37. The van der Waals surface area contributed by atoms with E-state index >= 15 is 0 Å². The van der Waals surface area contributed by atoms with Crippen molar-refractivity contribution >= 4 is 27.6 Å². The van der Waals surface area contributed by atoms with E-state index in [1.54, 1.807) is 4.90 Å². The molecule has 1 N–H and O–H groups in total. The number of carbonyl (C=O) groups is 1. The number of nitrogens with zero attached hydrogens (tertiary/aromatic N) is 4. The number of carbonyl (C=O) groups excluding carboxylic acids is 1. The Morgan fingerprint density at radius 2 is 1.73 bits per heavy atom. The minimum absolute atomic E-state index is 0.188. The number of rotatable bonds is 4. The number of amides is 1. The molecule has 1 aromatic heterocycles. The molecule has 0 bridgehead atoms. The van der Waals surface area contributed by atoms with Gasteiger partial charge in [0.15, 0.2) is 0 Å². The highest BCUT2D eigenvalue weighted by molar-refractivity contribution is 7.88. The topological polar surface area (TPSA) is 95.5 Å². The summed E-state index contributed by atoms with van der Waals surface area (Å²) in [5.74, 6) is 0.221. The van der Waals surface area contributed by atoms with Crippen LogP contribution in [0.1, 0.15) is 16.8 Å². The Morgan fingerprint density at radius 1 is 1.04 bits per heavy atom. The summed E-state index contributed by atoms with van der Waals surface area (Å²) in [7, 11) is -3.24. The molecule has 1 amide bonds. The van der Waals surface area contributed by atoms with E-state index in [1.807, 2.05) is 30.3 Å². The fourth-order valence-electron chi connectivity index (χ4n) is 2.76. The molecule has 26 heavy (non-hydrogen) atoms. The molecule has 0 radical (unpaired) electrons. The molecule has 2 aromatic rings. The Balaban J connectivity index is 1.64. The maximum absolute atomic E-state index is 12.6. The molecule has 0 atom stereocenters. The molecular weight excluding hydrogens is 354 g/mol. The van der Waals surface area contributed by atoms with Gasteiger partial charge in [0.2, 0.25) is 16.0 Å². The number of sulfonamides is 1. The SMILES string of the molecule is CS(=O)(=O)N1CCCN(C(=O)c2cnc(Nc3ccccc3)nc2)CC1. The van der Waals surface area contributed by atoms with Gasteiger partial charge in [0.25, 0.3) is 5.91 Å². The molecule has 0 aliphatic carbocycles. The van der Waals surface area contributed by atoms with E-state index < -0.39 is 10.0 Å². The summed E-state index contributed by atoms with van der Waals surface area (Å²) in [6.07, 6.45) is 4.77. The summed E-state index contributed by atoms with van der Waals surface area (Å²) in [6.45, 7) is 1.60. The monoisotopic (exact) mass is 375 g/mol. The van der Waals surface area contributed by atoms with E-state index in [0.717, 1.165) is 5.69 Å². The zero-order valence-corrected chi connectivity index (χ0v) is 15.3. The highest BCUT2D eigenvalue weighted by atomic mass is 32.2. The maximum atomic E-state index is 12.6. The summed E-state index contributed by atoms with van der Waals surface area (Å²) in [6, 6.07) is 9.51. The summed E-state index contributed by atoms with van der Waals surface area (Å²) >= 11 is 0. The minimum Gasteiger partial charge on any atom is -0.337 e. The summed E-state index contributed by atoms with van der Waals surface area (Å²) in [5.41, 5.74) is 1.25. The quantitative estimate of drug-likeness (QED) is 0.866. The number of benzene rings is 1. The highest BCUT2D eigenvalue weighted by Gasteiger charge is 2.24. The minimum atomic E-state index is -3.24. The number of anilines is 2. The van der Waals surface area contributed by atoms with Crippen LogP contribution in [0.4, 0.5) is 11.6 Å². The van der Waals surface area contributed by atoms with Gasteiger partial charge in [0.05, 0.1) is 11.8 Å². The first-order valence-electron chi connectivity index (χ1n) is 8.32. The predicted molar refractivity (Wildman–Crippen MR) is 98.7 cm³/mol. The Kier molecular flexibility index (Phi) is 5.48. The fourth-order valence-corrected chi connectivity index (χ4v) is 3.64. The van der Waals surface area contributed by atoms with Gasteiger partial charge in [-0.15, -0.1) is 0 Å². The fraction of sp³-hybridized carbons (Fsp3) is 0.353. The number of para-hydroxylation sites is 1. The van der Waals surface area contributed by atoms with Crippen LogP contribution in [-0.2, 0) is 10.0 Å². The lowest BCUT2D eigenvalue weighted by molar-refractivity contribution is 0.0763. The zero-order valence-electron chi connectivity index (χ0n) is 14.5. The lowest BCUT2D eigenvalue weighted by Gasteiger charge is -2.20. The average Bonchev–Trinajstić information content (AvgIpc) is 2.89. The van der Waals surface area contributed by atoms with Gasteiger partial charge in [0.1, 0.15) is 0 Å². The number of hydrogen-bond acceptors (Lipinski definition) is 6. The largest absolute Gasteiger partial charge is 0.337 e. The van der Waals surface area contributed by atoms with Crippen LogP contribution in [0.25, 0.3) is 0 Å². The third kappa shape index (κ3) is 4.55. The van der Waals surface area contributed by atoms with Gasteiger partial charge in [-0.05, 0) is 18.6 Å². The predicted octanol–water partition coefficient (Wildman–Crippen LogP) is 1.33. The average molecular weight is 375 g/mol. The Bertz CT molecular complexity index is 856. The molecule has 1 aliphatic heterocycles. The molecule has 1 aromatic carbocycles. The molecule has 1 fully saturated rings. The molecular formula is C17H21N5O3S. The third-order valence-corrected chi connectivity index (χ3v) is 5.44. The Labute approximate surface area is 152 Å². The molecule has 1 aliphatic rings. The molecule has 8 nitrogen and oxygen atoms in total. The van der Waals surface area contributed by atoms with Crippen LogP contribution in [0.15, 0.2) is 42.7 Å². The first kappa shape index (κ1) is 18.3. The molecule has 3 rings (SSSR count). The zero-order chi connectivity index (χ0) is 18.6. The van der Waals surface area contributed by atoms with E-state index in [9.17, 15) is 13.2 Å². The molecule has 2 heterocycles. The van der Waals surface area contributed by atoms with Gasteiger partial charge in [-0.2, -0.15) is 0 Å². The first-order valence-corrected chi connectivity index (χ1v) is 10.2. The van der Waals surface area contributed by atoms with Crippen molar-refractivity contribution in [2.24, 2.45) is 0 Å². The van der Waals surface area contributed by atoms with Crippen LogP contribution in [0, 0.1) is 0 Å². The van der Waals surface area contributed by atoms with Gasteiger partial charge in [0, 0.05) is 44.3 Å². The first-order chi connectivity index (χ1) is 12.4. The summed E-state index contributed by atoms with van der Waals surface area (Å²) in [4.78, 5) is 22.7. The van der Waals surface area contributed by atoms with Gasteiger partial charge in [-0.1, -0.05) is 18.2 Å². The van der Waals surface area contributed by atoms with Gasteiger partial charge in [-0.3, -0.25) is 4.79 Å². The number of nitrogens with one attached hydrogen (secondary N) is 1. The molecule has 138 valence electrons. The molecule has 0 unspecified atom stereocenters. The van der Waals surface area contributed by atoms with Crippen LogP contribution < -0.4 is 5.32 Å². The van der Waals surface area contributed by atoms with Gasteiger partial charge in [-0.25, -0.2) is 22.7 Å².